The van der Waals surface area contributed by atoms with E-state index in [1.807, 2.05) is 0 Å². The van der Waals surface area contributed by atoms with Crippen LogP contribution in [0.1, 0.15) is 19.3 Å². The summed E-state index contributed by atoms with van der Waals surface area (Å²) >= 11 is 9.13. The minimum absolute atomic E-state index is 0.190. The monoisotopic (exact) mass is 375 g/mol. The fourth-order valence-electron chi connectivity index (χ4n) is 2.30. The number of hydrogen-bond acceptors (Lipinski definition) is 3. The average molecular weight is 377 g/mol. The lowest BCUT2D eigenvalue weighted by molar-refractivity contribution is -0.152. The lowest BCUT2D eigenvalue weighted by Crippen LogP contribution is -2.49. The van der Waals surface area contributed by atoms with Crippen LogP contribution in [0.15, 0.2) is 22.7 Å². The van der Waals surface area contributed by atoms with Crippen molar-refractivity contribution >= 4 is 39.4 Å². The molecule has 1 saturated heterocycles. The van der Waals surface area contributed by atoms with Crippen LogP contribution in [0.3, 0.4) is 0 Å². The molecule has 0 radical (unpaired) electrons. The minimum Gasteiger partial charge on any atom is -0.483 e. The second-order valence-corrected chi connectivity index (χ2v) is 6.09. The van der Waals surface area contributed by atoms with Gasteiger partial charge in [0.25, 0.3) is 5.91 Å². The maximum Gasteiger partial charge on any atom is 0.326 e. The summed E-state index contributed by atoms with van der Waals surface area (Å²) < 4.78 is 6.09. The van der Waals surface area contributed by atoms with E-state index in [1.54, 1.807) is 18.2 Å². The number of hydrogen-bond donors (Lipinski definition) is 1. The topological polar surface area (TPSA) is 66.8 Å². The minimum atomic E-state index is -0.962. The third-order valence-electron chi connectivity index (χ3n) is 3.35. The Labute approximate surface area is 136 Å². The van der Waals surface area contributed by atoms with Crippen molar-refractivity contribution < 1.29 is 19.4 Å². The van der Waals surface area contributed by atoms with Gasteiger partial charge in [-0.3, -0.25) is 4.79 Å². The van der Waals surface area contributed by atoms with Crippen molar-refractivity contribution in [3.63, 3.8) is 0 Å². The molecule has 0 unspecified atom stereocenters. The smallest absolute Gasteiger partial charge is 0.326 e. The molecule has 1 atom stereocenters. The number of carboxylic acid groups (broad SMARTS) is 1. The zero-order valence-corrected chi connectivity index (χ0v) is 13.6. The van der Waals surface area contributed by atoms with Gasteiger partial charge in [0.2, 0.25) is 0 Å². The van der Waals surface area contributed by atoms with E-state index in [0.29, 0.717) is 28.2 Å². The lowest BCUT2D eigenvalue weighted by Gasteiger charge is -2.32. The number of rotatable bonds is 4. The quantitative estimate of drug-likeness (QED) is 0.877. The number of benzene rings is 1. The molecule has 1 heterocycles. The van der Waals surface area contributed by atoms with Gasteiger partial charge >= 0.3 is 5.97 Å². The summed E-state index contributed by atoms with van der Waals surface area (Å²) in [5, 5.41) is 9.72. The Morgan fingerprint density at radius 1 is 1.43 bits per heavy atom. The fraction of sp³-hybridized carbons (Fsp3) is 0.429. The van der Waals surface area contributed by atoms with Gasteiger partial charge in [0.1, 0.15) is 11.8 Å². The molecule has 0 aliphatic carbocycles. The first-order valence-corrected chi connectivity index (χ1v) is 7.76. The molecule has 0 spiro atoms. The Hall–Kier alpha value is -1.27. The van der Waals surface area contributed by atoms with Gasteiger partial charge in [0, 0.05) is 11.6 Å². The van der Waals surface area contributed by atoms with Crippen molar-refractivity contribution in [3.05, 3.63) is 27.7 Å². The molecule has 0 aromatic heterocycles. The summed E-state index contributed by atoms with van der Waals surface area (Å²) in [4.78, 5) is 24.7. The van der Waals surface area contributed by atoms with Gasteiger partial charge in [0.05, 0.1) is 4.47 Å². The number of nitrogens with zero attached hydrogens (tertiary/aromatic N) is 1. The highest BCUT2D eigenvalue weighted by molar-refractivity contribution is 9.10. The lowest BCUT2D eigenvalue weighted by atomic mass is 10.0. The number of piperidine rings is 1. The van der Waals surface area contributed by atoms with Gasteiger partial charge in [-0.05, 0) is 53.4 Å². The number of halogens is 2. The van der Waals surface area contributed by atoms with Crippen molar-refractivity contribution in [1.82, 2.24) is 4.90 Å². The van der Waals surface area contributed by atoms with Crippen LogP contribution < -0.4 is 4.74 Å². The molecule has 1 N–H and O–H groups in total. The molecule has 0 bridgehead atoms. The molecule has 1 aromatic carbocycles. The first kappa shape index (κ1) is 16.1. The van der Waals surface area contributed by atoms with Crippen molar-refractivity contribution in [3.8, 4) is 5.75 Å². The highest BCUT2D eigenvalue weighted by atomic mass is 79.9. The average Bonchev–Trinajstić information content (AvgIpc) is 2.46. The number of carbonyl (C=O) groups excluding carboxylic acids is 1. The predicted molar refractivity (Wildman–Crippen MR) is 81.6 cm³/mol. The predicted octanol–water partition coefficient (Wildman–Crippen LogP) is 2.95. The molecule has 0 saturated carbocycles. The van der Waals surface area contributed by atoms with Gasteiger partial charge in [0.15, 0.2) is 6.61 Å². The third-order valence-corrected chi connectivity index (χ3v) is 4.21. The van der Waals surface area contributed by atoms with Crippen molar-refractivity contribution in [2.45, 2.75) is 25.3 Å². The van der Waals surface area contributed by atoms with E-state index >= 15 is 0 Å². The first-order chi connectivity index (χ1) is 9.99. The largest absolute Gasteiger partial charge is 0.483 e. The second-order valence-electron chi connectivity index (χ2n) is 4.80. The van der Waals surface area contributed by atoms with E-state index in [-0.39, 0.29) is 12.5 Å². The molecular weight excluding hydrogens is 362 g/mol. The Bertz CT molecular complexity index is 552. The van der Waals surface area contributed by atoms with Crippen molar-refractivity contribution in [1.29, 1.82) is 0 Å². The second kappa shape index (κ2) is 7.13. The van der Waals surface area contributed by atoms with Crippen LogP contribution in [0.4, 0.5) is 0 Å². The standard InChI is InChI=1S/C14H15BrClNO4/c15-10-7-9(16)4-5-12(10)21-8-13(18)17-6-2-1-3-11(17)14(19)20/h4-5,7,11H,1-3,6,8H2,(H,19,20)/t11-/m1/s1. The summed E-state index contributed by atoms with van der Waals surface area (Å²) in [6.45, 7) is 0.269. The zero-order valence-electron chi connectivity index (χ0n) is 11.2. The summed E-state index contributed by atoms with van der Waals surface area (Å²) in [5.74, 6) is -0.781. The number of carboxylic acids is 1. The van der Waals surface area contributed by atoms with Crippen LogP contribution in [-0.2, 0) is 9.59 Å². The molecule has 1 fully saturated rings. The number of ether oxygens (including phenoxy) is 1. The first-order valence-electron chi connectivity index (χ1n) is 6.59. The summed E-state index contributed by atoms with van der Waals surface area (Å²) in [6, 6.07) is 4.24. The van der Waals surface area contributed by atoms with E-state index in [0.717, 1.165) is 12.8 Å². The Morgan fingerprint density at radius 2 is 2.19 bits per heavy atom. The summed E-state index contributed by atoms with van der Waals surface area (Å²) in [6.07, 6.45) is 2.14. The van der Waals surface area contributed by atoms with E-state index < -0.39 is 12.0 Å². The van der Waals surface area contributed by atoms with Gasteiger partial charge in [-0.15, -0.1) is 0 Å². The normalized spacial score (nSPS) is 18.4. The Balaban J connectivity index is 1.98. The summed E-state index contributed by atoms with van der Waals surface area (Å²) in [7, 11) is 0. The molecule has 1 aliphatic rings. The van der Waals surface area contributed by atoms with Gasteiger partial charge < -0.3 is 14.7 Å². The third kappa shape index (κ3) is 4.11. The molecular formula is C14H15BrClNO4. The Kier molecular flexibility index (Phi) is 5.47. The van der Waals surface area contributed by atoms with E-state index in [4.69, 9.17) is 21.4 Å². The molecule has 7 heteroatoms. The molecule has 21 heavy (non-hydrogen) atoms. The molecule has 1 amide bonds. The van der Waals surface area contributed by atoms with Gasteiger partial charge in [-0.25, -0.2) is 4.79 Å². The van der Waals surface area contributed by atoms with Crippen LogP contribution in [0.25, 0.3) is 0 Å². The molecule has 2 rings (SSSR count). The number of amides is 1. The van der Waals surface area contributed by atoms with Crippen LogP contribution in [0, 0.1) is 0 Å². The van der Waals surface area contributed by atoms with Gasteiger partial charge in [-0.1, -0.05) is 11.6 Å². The number of aliphatic carboxylic acids is 1. The van der Waals surface area contributed by atoms with E-state index in [2.05, 4.69) is 15.9 Å². The fourth-order valence-corrected chi connectivity index (χ4v) is 3.10. The van der Waals surface area contributed by atoms with E-state index in [9.17, 15) is 9.59 Å². The SMILES string of the molecule is O=C(O)[C@H]1CCCCN1C(=O)COc1ccc(Cl)cc1Br. The molecule has 1 aliphatic heterocycles. The Morgan fingerprint density at radius 3 is 2.86 bits per heavy atom. The van der Waals surface area contributed by atoms with Crippen LogP contribution in [0.5, 0.6) is 5.75 Å². The van der Waals surface area contributed by atoms with E-state index in [1.165, 1.54) is 4.90 Å². The number of carbonyl (C=O) groups is 2. The van der Waals surface area contributed by atoms with Crippen LogP contribution >= 0.6 is 27.5 Å². The highest BCUT2D eigenvalue weighted by Gasteiger charge is 2.31. The van der Waals surface area contributed by atoms with Crippen LogP contribution in [-0.4, -0.2) is 41.1 Å². The highest BCUT2D eigenvalue weighted by Crippen LogP contribution is 2.28. The van der Waals surface area contributed by atoms with Gasteiger partial charge in [-0.2, -0.15) is 0 Å². The number of likely N-dealkylation sites (tertiary alicyclic amines) is 1. The maximum absolute atomic E-state index is 12.2. The molecule has 5 nitrogen and oxygen atoms in total. The maximum atomic E-state index is 12.2. The summed E-state index contributed by atoms with van der Waals surface area (Å²) in [5.41, 5.74) is 0. The zero-order chi connectivity index (χ0) is 15.4. The van der Waals surface area contributed by atoms with Crippen molar-refractivity contribution in [2.24, 2.45) is 0 Å². The van der Waals surface area contributed by atoms with Crippen molar-refractivity contribution in [2.75, 3.05) is 13.2 Å². The molecule has 1 aromatic rings. The van der Waals surface area contributed by atoms with Crippen LogP contribution in [0.2, 0.25) is 5.02 Å². The molecule has 114 valence electrons.